The number of amides is 1. The minimum atomic E-state index is -0.382. The van der Waals surface area contributed by atoms with Crippen LogP contribution in [0.4, 0.5) is 0 Å². The minimum absolute atomic E-state index is 0.374. The van der Waals surface area contributed by atoms with Gasteiger partial charge in [0.1, 0.15) is 17.2 Å². The molecule has 0 unspecified atom stereocenters. The normalized spacial score (nSPS) is 11.7. The molecule has 2 aromatic carbocycles. The van der Waals surface area contributed by atoms with Crippen LogP contribution in [0.1, 0.15) is 17.3 Å². The van der Waals surface area contributed by atoms with E-state index in [9.17, 15) is 4.79 Å². The third-order valence-electron chi connectivity index (χ3n) is 4.32. The summed E-state index contributed by atoms with van der Waals surface area (Å²) in [6.45, 7) is 3.62. The van der Waals surface area contributed by atoms with Gasteiger partial charge >= 0.3 is 0 Å². The number of carbonyl (C=O) groups excluding carboxylic acids is 1. The molecule has 7 nitrogen and oxygen atoms in total. The Morgan fingerprint density at radius 3 is 2.55 bits per heavy atom. The number of rotatable bonds is 8. The van der Waals surface area contributed by atoms with Crippen LogP contribution < -0.4 is 19.0 Å². The van der Waals surface area contributed by atoms with Crippen molar-refractivity contribution in [3.8, 4) is 17.2 Å². The third kappa shape index (κ3) is 4.60. The SMILES string of the molecule is CCOc1ccc2c(c1)sc(=NC(=O)c1ccc(OC)cc1OC)n2CCOC. The fraction of sp³-hybridized carbons (Fsp3) is 0.333. The molecule has 0 saturated carbocycles. The topological polar surface area (TPSA) is 71.3 Å². The van der Waals surface area contributed by atoms with Crippen LogP contribution in [-0.4, -0.2) is 45.0 Å². The van der Waals surface area contributed by atoms with Crippen molar-refractivity contribution in [2.45, 2.75) is 13.5 Å². The average Bonchev–Trinajstić information content (AvgIpc) is 3.07. The summed E-state index contributed by atoms with van der Waals surface area (Å²) < 4.78 is 24.3. The Morgan fingerprint density at radius 2 is 1.86 bits per heavy atom. The summed E-state index contributed by atoms with van der Waals surface area (Å²) in [4.78, 5) is 17.9. The lowest BCUT2D eigenvalue weighted by molar-refractivity contribution is 0.0994. The number of carbonyl (C=O) groups is 1. The van der Waals surface area contributed by atoms with Crippen LogP contribution >= 0.6 is 11.3 Å². The van der Waals surface area contributed by atoms with E-state index in [2.05, 4.69) is 4.99 Å². The van der Waals surface area contributed by atoms with E-state index in [1.165, 1.54) is 18.4 Å². The Balaban J connectivity index is 2.09. The largest absolute Gasteiger partial charge is 0.497 e. The van der Waals surface area contributed by atoms with Gasteiger partial charge in [-0.05, 0) is 37.3 Å². The van der Waals surface area contributed by atoms with E-state index in [-0.39, 0.29) is 5.91 Å². The number of fused-ring (bicyclic) bond motifs is 1. The molecule has 29 heavy (non-hydrogen) atoms. The van der Waals surface area contributed by atoms with Gasteiger partial charge in [0.15, 0.2) is 4.80 Å². The van der Waals surface area contributed by atoms with Gasteiger partial charge in [-0.3, -0.25) is 4.79 Å². The monoisotopic (exact) mass is 416 g/mol. The first kappa shape index (κ1) is 20.9. The lowest BCUT2D eigenvalue weighted by atomic mass is 10.2. The molecule has 0 N–H and O–H groups in total. The maximum Gasteiger partial charge on any atom is 0.283 e. The lowest BCUT2D eigenvalue weighted by Crippen LogP contribution is -2.19. The number of hydrogen-bond donors (Lipinski definition) is 0. The quantitative estimate of drug-likeness (QED) is 0.562. The third-order valence-corrected chi connectivity index (χ3v) is 5.36. The van der Waals surface area contributed by atoms with Gasteiger partial charge in [0.2, 0.25) is 0 Å². The van der Waals surface area contributed by atoms with Crippen LogP contribution in [0, 0.1) is 0 Å². The van der Waals surface area contributed by atoms with Crippen molar-refractivity contribution in [3.05, 3.63) is 46.8 Å². The van der Waals surface area contributed by atoms with E-state index < -0.39 is 0 Å². The minimum Gasteiger partial charge on any atom is -0.497 e. The summed E-state index contributed by atoms with van der Waals surface area (Å²) in [5.74, 6) is 1.43. The Bertz CT molecular complexity index is 1070. The van der Waals surface area contributed by atoms with Crippen molar-refractivity contribution in [1.82, 2.24) is 4.57 Å². The molecule has 0 aliphatic carbocycles. The van der Waals surface area contributed by atoms with Gasteiger partial charge < -0.3 is 23.5 Å². The molecule has 3 rings (SSSR count). The molecule has 8 heteroatoms. The summed E-state index contributed by atoms with van der Waals surface area (Å²) >= 11 is 1.43. The lowest BCUT2D eigenvalue weighted by Gasteiger charge is -2.08. The zero-order chi connectivity index (χ0) is 20.8. The number of methoxy groups -OCH3 is 3. The standard InChI is InChI=1S/C21H24N2O5S/c1-5-28-15-7-9-17-19(13-15)29-21(23(17)10-11-25-2)22-20(24)16-8-6-14(26-3)12-18(16)27-4/h6-9,12-13H,5,10-11H2,1-4H3. The zero-order valence-corrected chi connectivity index (χ0v) is 17.7. The van der Waals surface area contributed by atoms with Crippen LogP contribution in [0.15, 0.2) is 41.4 Å². The molecule has 154 valence electrons. The van der Waals surface area contributed by atoms with Crippen molar-refractivity contribution >= 4 is 27.5 Å². The molecule has 1 amide bonds. The number of benzene rings is 2. The smallest absolute Gasteiger partial charge is 0.283 e. The molecule has 3 aromatic rings. The van der Waals surface area contributed by atoms with Gasteiger partial charge in [-0.2, -0.15) is 4.99 Å². The van der Waals surface area contributed by atoms with E-state index in [1.807, 2.05) is 29.7 Å². The molecule has 0 atom stereocenters. The molecule has 0 aliphatic heterocycles. The second kappa shape index (κ2) is 9.58. The second-order valence-corrected chi connectivity index (χ2v) is 7.08. The Hall–Kier alpha value is -2.84. The van der Waals surface area contributed by atoms with E-state index in [0.717, 1.165) is 16.0 Å². The van der Waals surface area contributed by atoms with E-state index in [0.29, 0.717) is 41.6 Å². The van der Waals surface area contributed by atoms with Gasteiger partial charge in [0.25, 0.3) is 5.91 Å². The number of nitrogens with zero attached hydrogens (tertiary/aromatic N) is 2. The van der Waals surface area contributed by atoms with Crippen molar-refractivity contribution in [1.29, 1.82) is 0 Å². The van der Waals surface area contributed by atoms with Crippen molar-refractivity contribution in [2.24, 2.45) is 4.99 Å². The van der Waals surface area contributed by atoms with E-state index in [1.54, 1.807) is 32.4 Å². The summed E-state index contributed by atoms with van der Waals surface area (Å²) in [5.41, 5.74) is 1.35. The Morgan fingerprint density at radius 1 is 1.07 bits per heavy atom. The zero-order valence-electron chi connectivity index (χ0n) is 16.9. The van der Waals surface area contributed by atoms with E-state index >= 15 is 0 Å². The average molecular weight is 416 g/mol. The first-order valence-electron chi connectivity index (χ1n) is 9.17. The predicted octanol–water partition coefficient (Wildman–Crippen LogP) is 3.51. The molecule has 0 radical (unpaired) electrons. The van der Waals surface area contributed by atoms with Crippen LogP contribution in [0.5, 0.6) is 17.2 Å². The molecule has 0 bridgehead atoms. The van der Waals surface area contributed by atoms with Gasteiger partial charge in [-0.25, -0.2) is 0 Å². The highest BCUT2D eigenvalue weighted by Gasteiger charge is 2.15. The Kier molecular flexibility index (Phi) is 6.90. The van der Waals surface area contributed by atoms with Crippen LogP contribution in [0.2, 0.25) is 0 Å². The molecule has 0 fully saturated rings. The number of thiazole rings is 1. The van der Waals surface area contributed by atoms with Crippen LogP contribution in [0.3, 0.4) is 0 Å². The van der Waals surface area contributed by atoms with Crippen LogP contribution in [0.25, 0.3) is 10.2 Å². The van der Waals surface area contributed by atoms with Crippen LogP contribution in [-0.2, 0) is 11.3 Å². The van der Waals surface area contributed by atoms with Gasteiger partial charge in [-0.1, -0.05) is 11.3 Å². The molecule has 0 saturated heterocycles. The molecule has 1 aromatic heterocycles. The Labute approximate surface area is 173 Å². The van der Waals surface area contributed by atoms with Crippen molar-refractivity contribution < 1.29 is 23.7 Å². The predicted molar refractivity (Wildman–Crippen MR) is 112 cm³/mol. The van der Waals surface area contributed by atoms with Gasteiger partial charge in [-0.15, -0.1) is 0 Å². The first-order valence-corrected chi connectivity index (χ1v) is 9.99. The number of ether oxygens (including phenoxy) is 4. The second-order valence-electron chi connectivity index (χ2n) is 6.07. The van der Waals surface area contributed by atoms with E-state index in [4.69, 9.17) is 18.9 Å². The highest BCUT2D eigenvalue weighted by atomic mass is 32.1. The molecular formula is C21H24N2O5S. The highest BCUT2D eigenvalue weighted by molar-refractivity contribution is 7.16. The maximum absolute atomic E-state index is 12.9. The van der Waals surface area contributed by atoms with Crippen molar-refractivity contribution in [3.63, 3.8) is 0 Å². The molecular weight excluding hydrogens is 392 g/mol. The summed E-state index contributed by atoms with van der Waals surface area (Å²) in [6, 6.07) is 10.9. The number of hydrogen-bond acceptors (Lipinski definition) is 6. The fourth-order valence-electron chi connectivity index (χ4n) is 2.92. The van der Waals surface area contributed by atoms with Gasteiger partial charge in [0, 0.05) is 19.7 Å². The highest BCUT2D eigenvalue weighted by Crippen LogP contribution is 2.26. The summed E-state index contributed by atoms with van der Waals surface area (Å²) in [7, 11) is 4.72. The van der Waals surface area contributed by atoms with Gasteiger partial charge in [0.05, 0.1) is 43.2 Å². The molecule has 0 aliphatic rings. The first-order chi connectivity index (χ1) is 14.1. The summed E-state index contributed by atoms with van der Waals surface area (Å²) in [5, 5.41) is 0. The summed E-state index contributed by atoms with van der Waals surface area (Å²) in [6.07, 6.45) is 0. The molecule has 1 heterocycles. The van der Waals surface area contributed by atoms with Crippen molar-refractivity contribution in [2.75, 3.05) is 34.5 Å². The molecule has 0 spiro atoms. The number of aromatic nitrogens is 1. The maximum atomic E-state index is 12.9. The fourth-order valence-corrected chi connectivity index (χ4v) is 4.00.